The van der Waals surface area contributed by atoms with Crippen LogP contribution in [0.5, 0.6) is 0 Å². The SMILES string of the molecule is COC(=O)CNC(=O)Nc1cc2n(n1)CCN(c1nc(-c3cccc(F)c3)no1)C2C. The van der Waals surface area contributed by atoms with Crippen LogP contribution in [-0.4, -0.2) is 52.1 Å². The Bertz CT molecular complexity index is 1110. The number of hydrogen-bond acceptors (Lipinski definition) is 8. The summed E-state index contributed by atoms with van der Waals surface area (Å²) in [7, 11) is 1.24. The molecule has 3 aromatic rings. The summed E-state index contributed by atoms with van der Waals surface area (Å²) in [6.07, 6.45) is 0. The molecule has 1 aliphatic rings. The summed E-state index contributed by atoms with van der Waals surface area (Å²) in [4.78, 5) is 29.4. The van der Waals surface area contributed by atoms with E-state index in [1.165, 1.54) is 19.2 Å². The normalized spacial score (nSPS) is 15.3. The van der Waals surface area contributed by atoms with Crippen LogP contribution in [0.1, 0.15) is 18.7 Å². The van der Waals surface area contributed by atoms with Gasteiger partial charge in [-0.25, -0.2) is 9.18 Å². The largest absolute Gasteiger partial charge is 0.468 e. The van der Waals surface area contributed by atoms with Crippen molar-refractivity contribution in [1.29, 1.82) is 0 Å². The number of urea groups is 1. The van der Waals surface area contributed by atoms with Crippen molar-refractivity contribution in [2.45, 2.75) is 19.5 Å². The summed E-state index contributed by atoms with van der Waals surface area (Å²) in [5.41, 5.74) is 1.36. The minimum absolute atomic E-state index is 0.171. The van der Waals surface area contributed by atoms with Gasteiger partial charge in [0, 0.05) is 18.2 Å². The fraction of sp³-hybridized carbons (Fsp3) is 0.316. The Morgan fingerprint density at radius 3 is 2.94 bits per heavy atom. The molecule has 0 radical (unpaired) electrons. The van der Waals surface area contributed by atoms with E-state index in [1.807, 2.05) is 11.8 Å². The Labute approximate surface area is 176 Å². The van der Waals surface area contributed by atoms with Crippen molar-refractivity contribution >= 4 is 23.8 Å². The van der Waals surface area contributed by atoms with E-state index in [0.717, 1.165) is 5.69 Å². The molecule has 12 heteroatoms. The molecule has 2 N–H and O–H groups in total. The maximum Gasteiger partial charge on any atom is 0.325 e. The molecule has 2 aromatic heterocycles. The molecule has 0 bridgehead atoms. The molecule has 2 amide bonds. The first-order valence-electron chi connectivity index (χ1n) is 9.50. The lowest BCUT2D eigenvalue weighted by Crippen LogP contribution is -2.37. The molecular formula is C19H20FN7O4. The van der Waals surface area contributed by atoms with Gasteiger partial charge in [0.2, 0.25) is 5.82 Å². The van der Waals surface area contributed by atoms with Crippen molar-refractivity contribution in [3.8, 4) is 11.4 Å². The predicted molar refractivity (Wildman–Crippen MR) is 107 cm³/mol. The number of anilines is 2. The van der Waals surface area contributed by atoms with Crippen molar-refractivity contribution < 1.29 is 23.2 Å². The van der Waals surface area contributed by atoms with Crippen LogP contribution in [0.15, 0.2) is 34.9 Å². The lowest BCUT2D eigenvalue weighted by atomic mass is 10.1. The van der Waals surface area contributed by atoms with Crippen LogP contribution in [0, 0.1) is 5.82 Å². The molecule has 0 spiro atoms. The summed E-state index contributed by atoms with van der Waals surface area (Å²) in [6.45, 7) is 2.78. The number of carbonyl (C=O) groups is 2. The number of halogens is 1. The van der Waals surface area contributed by atoms with Crippen molar-refractivity contribution in [1.82, 2.24) is 25.2 Å². The summed E-state index contributed by atoms with van der Waals surface area (Å²) >= 11 is 0. The third-order valence-corrected chi connectivity index (χ3v) is 4.87. The number of nitrogens with zero attached hydrogens (tertiary/aromatic N) is 5. The molecule has 1 aliphatic heterocycles. The lowest BCUT2D eigenvalue weighted by molar-refractivity contribution is -0.139. The molecule has 31 heavy (non-hydrogen) atoms. The topological polar surface area (TPSA) is 127 Å². The highest BCUT2D eigenvalue weighted by Gasteiger charge is 2.30. The number of ether oxygens (including phenoxy) is 1. The van der Waals surface area contributed by atoms with Crippen molar-refractivity contribution in [3.63, 3.8) is 0 Å². The lowest BCUT2D eigenvalue weighted by Gasteiger charge is -2.32. The van der Waals surface area contributed by atoms with Crippen molar-refractivity contribution in [2.75, 3.05) is 30.4 Å². The zero-order chi connectivity index (χ0) is 22.0. The molecular weight excluding hydrogens is 409 g/mol. The Kier molecular flexibility index (Phi) is 5.52. The van der Waals surface area contributed by atoms with Gasteiger partial charge in [0.05, 0.1) is 25.4 Å². The van der Waals surface area contributed by atoms with Crippen LogP contribution >= 0.6 is 0 Å². The fourth-order valence-corrected chi connectivity index (χ4v) is 3.29. The van der Waals surface area contributed by atoms with E-state index in [1.54, 1.807) is 22.9 Å². The van der Waals surface area contributed by atoms with Gasteiger partial charge in [-0.2, -0.15) is 10.1 Å². The van der Waals surface area contributed by atoms with Crippen LogP contribution < -0.4 is 15.5 Å². The Morgan fingerprint density at radius 1 is 1.32 bits per heavy atom. The smallest absolute Gasteiger partial charge is 0.325 e. The van der Waals surface area contributed by atoms with E-state index < -0.39 is 12.0 Å². The predicted octanol–water partition coefficient (Wildman–Crippen LogP) is 1.95. The molecule has 1 unspecified atom stereocenters. The van der Waals surface area contributed by atoms with E-state index in [-0.39, 0.29) is 18.4 Å². The quantitative estimate of drug-likeness (QED) is 0.589. The Balaban J connectivity index is 1.46. The third-order valence-electron chi connectivity index (χ3n) is 4.87. The van der Waals surface area contributed by atoms with Crippen molar-refractivity contribution in [3.05, 3.63) is 41.8 Å². The maximum atomic E-state index is 13.5. The van der Waals surface area contributed by atoms with E-state index in [0.29, 0.717) is 36.3 Å². The average Bonchev–Trinajstić information content (AvgIpc) is 3.40. The highest BCUT2D eigenvalue weighted by atomic mass is 19.1. The summed E-state index contributed by atoms with van der Waals surface area (Å²) in [5.74, 6) is -0.294. The number of hydrogen-bond donors (Lipinski definition) is 2. The molecule has 1 atom stereocenters. The molecule has 3 heterocycles. The van der Waals surface area contributed by atoms with Gasteiger partial charge in [-0.3, -0.25) is 14.8 Å². The number of aromatic nitrogens is 4. The number of esters is 1. The van der Waals surface area contributed by atoms with E-state index in [4.69, 9.17) is 4.52 Å². The first-order chi connectivity index (χ1) is 14.9. The number of methoxy groups -OCH3 is 1. The van der Waals surface area contributed by atoms with Gasteiger partial charge in [0.1, 0.15) is 12.4 Å². The fourth-order valence-electron chi connectivity index (χ4n) is 3.29. The molecule has 11 nitrogen and oxygen atoms in total. The maximum absolute atomic E-state index is 13.5. The monoisotopic (exact) mass is 429 g/mol. The number of rotatable bonds is 5. The van der Waals surface area contributed by atoms with E-state index >= 15 is 0 Å². The van der Waals surface area contributed by atoms with Gasteiger partial charge in [0.15, 0.2) is 5.82 Å². The van der Waals surface area contributed by atoms with E-state index in [9.17, 15) is 14.0 Å². The van der Waals surface area contributed by atoms with Gasteiger partial charge in [0.25, 0.3) is 0 Å². The van der Waals surface area contributed by atoms with Gasteiger partial charge < -0.3 is 19.5 Å². The van der Waals surface area contributed by atoms with Gasteiger partial charge in [-0.05, 0) is 19.1 Å². The minimum atomic E-state index is -0.568. The number of fused-ring (bicyclic) bond motifs is 1. The van der Waals surface area contributed by atoms with E-state index in [2.05, 4.69) is 30.6 Å². The number of carbonyl (C=O) groups excluding carboxylic acids is 2. The molecule has 162 valence electrons. The second-order valence-corrected chi connectivity index (χ2v) is 6.84. The zero-order valence-corrected chi connectivity index (χ0v) is 16.8. The third kappa shape index (κ3) is 4.32. The minimum Gasteiger partial charge on any atom is -0.468 e. The van der Waals surface area contributed by atoms with Crippen LogP contribution in [-0.2, 0) is 16.1 Å². The average molecular weight is 429 g/mol. The van der Waals surface area contributed by atoms with Gasteiger partial charge in [-0.15, -0.1) is 0 Å². The molecule has 1 aromatic carbocycles. The molecule has 0 fully saturated rings. The van der Waals surface area contributed by atoms with Crippen LogP contribution in [0.4, 0.5) is 21.0 Å². The van der Waals surface area contributed by atoms with Gasteiger partial charge >= 0.3 is 18.0 Å². The summed E-state index contributed by atoms with van der Waals surface area (Å²) < 4.78 is 25.1. The second-order valence-electron chi connectivity index (χ2n) is 6.84. The first kappa shape index (κ1) is 20.3. The van der Waals surface area contributed by atoms with Gasteiger partial charge in [-0.1, -0.05) is 17.3 Å². The highest BCUT2D eigenvalue weighted by Crippen LogP contribution is 2.31. The molecule has 0 saturated carbocycles. The zero-order valence-electron chi connectivity index (χ0n) is 16.8. The van der Waals surface area contributed by atoms with Crippen LogP contribution in [0.3, 0.4) is 0 Å². The number of amides is 2. The molecule has 0 aliphatic carbocycles. The summed E-state index contributed by atoms with van der Waals surface area (Å²) in [6, 6.07) is 7.28. The number of benzene rings is 1. The molecule has 4 rings (SSSR count). The second kappa shape index (κ2) is 8.42. The highest BCUT2D eigenvalue weighted by molar-refractivity contribution is 5.90. The Hall–Kier alpha value is -3.96. The first-order valence-corrected chi connectivity index (χ1v) is 9.50. The van der Waals surface area contributed by atoms with Crippen molar-refractivity contribution in [2.24, 2.45) is 0 Å². The summed E-state index contributed by atoms with van der Waals surface area (Å²) in [5, 5.41) is 13.3. The number of nitrogens with one attached hydrogen (secondary N) is 2. The van der Waals surface area contributed by atoms with Crippen LogP contribution in [0.2, 0.25) is 0 Å². The standard InChI is InChI=1S/C19H20FN7O4/c1-11-14-9-15(22-18(29)21-10-16(28)30-2)24-27(14)7-6-26(11)19-23-17(25-31-19)12-4-3-5-13(20)8-12/h3-5,8-9,11H,6-7,10H2,1-2H3,(H2,21,22,24,29). The molecule has 0 saturated heterocycles. The van der Waals surface area contributed by atoms with Crippen LogP contribution in [0.25, 0.3) is 11.4 Å². The Morgan fingerprint density at radius 2 is 2.16 bits per heavy atom.